The minimum Gasteiger partial charge on any atom is -0.367 e. The predicted octanol–water partition coefficient (Wildman–Crippen LogP) is -0.962. The van der Waals surface area contributed by atoms with Gasteiger partial charge in [-0.15, -0.1) is 0 Å². The zero-order chi connectivity index (χ0) is 19.2. The van der Waals surface area contributed by atoms with Crippen LogP contribution in [-0.4, -0.2) is 71.7 Å². The molecule has 11 nitrogen and oxygen atoms in total. The predicted molar refractivity (Wildman–Crippen MR) is 83.0 cm³/mol. The molecule has 0 aromatic heterocycles. The van der Waals surface area contributed by atoms with E-state index in [-0.39, 0.29) is 32.1 Å². The van der Waals surface area contributed by atoms with Gasteiger partial charge in [-0.1, -0.05) is 12.8 Å². The second kappa shape index (κ2) is 9.38. The summed E-state index contributed by atoms with van der Waals surface area (Å²) < 4.78 is 91.9. The largest absolute Gasteiger partial charge is 0.367 e. The molecule has 0 saturated heterocycles. The first-order valence-electron chi connectivity index (χ1n) is 6.88. The van der Waals surface area contributed by atoms with Crippen LogP contribution >= 0.6 is 0 Å². The third kappa shape index (κ3) is 10.5. The summed E-state index contributed by atoms with van der Waals surface area (Å²) in [6.07, 6.45) is -3.30. The molecule has 2 unspecified atom stereocenters. The number of aliphatic hydroxyl groups is 2. The lowest BCUT2D eigenvalue weighted by Crippen LogP contribution is -2.34. The van der Waals surface area contributed by atoms with Gasteiger partial charge in [0.25, 0.3) is 30.4 Å². The van der Waals surface area contributed by atoms with Crippen molar-refractivity contribution in [1.82, 2.24) is 0 Å². The van der Waals surface area contributed by atoms with E-state index in [2.05, 4.69) is 0 Å². The Labute approximate surface area is 140 Å². The second-order valence-corrected chi connectivity index (χ2v) is 10.2. The second-order valence-electron chi connectivity index (χ2n) is 5.32. The van der Waals surface area contributed by atoms with Gasteiger partial charge in [-0.3, -0.25) is 13.7 Å². The number of rotatable bonds is 12. The van der Waals surface area contributed by atoms with E-state index in [0.29, 0.717) is 0 Å². The molecule has 0 fully saturated rings. The van der Waals surface area contributed by atoms with Crippen LogP contribution in [0.5, 0.6) is 0 Å². The van der Waals surface area contributed by atoms with E-state index in [1.54, 1.807) is 0 Å². The molecule has 146 valence electrons. The fraction of sp³-hybridized carbons (Fsp3) is 1.00. The van der Waals surface area contributed by atoms with E-state index >= 15 is 0 Å². The van der Waals surface area contributed by atoms with Gasteiger partial charge in [0.2, 0.25) is 0 Å². The molecule has 0 aromatic carbocycles. The SMILES string of the molecule is O=S(=O)(O)CCCCC(CCCC(C(O)O)S(=O)(=O)O)S(=O)(=O)O. The lowest BCUT2D eigenvalue weighted by atomic mass is 10.1. The molecule has 0 saturated carbocycles. The average Bonchev–Trinajstić information content (AvgIpc) is 2.31. The monoisotopic (exact) mass is 414 g/mol. The Morgan fingerprint density at radius 2 is 1.17 bits per heavy atom. The molecule has 5 N–H and O–H groups in total. The maximum absolute atomic E-state index is 11.3. The minimum absolute atomic E-state index is 0.0339. The average molecular weight is 414 g/mol. The van der Waals surface area contributed by atoms with E-state index in [1.807, 2.05) is 0 Å². The molecular formula is C10H22O11S3. The molecule has 0 aliphatic rings. The van der Waals surface area contributed by atoms with E-state index < -0.39 is 59.3 Å². The fourth-order valence-corrected chi connectivity index (χ4v) is 4.37. The molecule has 0 radical (unpaired) electrons. The fourth-order valence-electron chi connectivity index (χ4n) is 2.10. The van der Waals surface area contributed by atoms with Crippen LogP contribution in [0.25, 0.3) is 0 Å². The van der Waals surface area contributed by atoms with Crippen LogP contribution in [0, 0.1) is 0 Å². The van der Waals surface area contributed by atoms with Crippen molar-refractivity contribution < 1.29 is 49.1 Å². The molecule has 14 heteroatoms. The van der Waals surface area contributed by atoms with Crippen molar-refractivity contribution in [3.05, 3.63) is 0 Å². The highest BCUT2D eigenvalue weighted by molar-refractivity contribution is 7.86. The van der Waals surface area contributed by atoms with Gasteiger partial charge in [-0.25, -0.2) is 0 Å². The smallest absolute Gasteiger partial charge is 0.272 e. The summed E-state index contributed by atoms with van der Waals surface area (Å²) in [4.78, 5) is 0. The summed E-state index contributed by atoms with van der Waals surface area (Å²) in [6.45, 7) is 0. The normalized spacial score (nSPS) is 16.2. The Bertz CT molecular complexity index is 678. The van der Waals surface area contributed by atoms with E-state index in [4.69, 9.17) is 23.9 Å². The third-order valence-corrected chi connectivity index (χ3v) is 6.69. The number of aliphatic hydroxyl groups excluding tert-OH is 1. The topological polar surface area (TPSA) is 204 Å². The number of hydrogen-bond donors (Lipinski definition) is 5. The van der Waals surface area contributed by atoms with Crippen LogP contribution < -0.4 is 0 Å². The molecule has 0 heterocycles. The summed E-state index contributed by atoms with van der Waals surface area (Å²) in [5.74, 6) is -0.563. The zero-order valence-electron chi connectivity index (χ0n) is 12.6. The molecule has 0 amide bonds. The first-order valence-corrected chi connectivity index (χ1v) is 11.5. The van der Waals surface area contributed by atoms with Gasteiger partial charge in [-0.05, 0) is 25.7 Å². The standard InChI is InChI=1S/C10H22O11S3/c11-10(12)9(24(19,20)21)6-3-5-8(23(16,17)18)4-1-2-7-22(13,14)15/h8-12H,1-7H2,(H,13,14,15)(H,16,17,18)(H,19,20,21). The summed E-state index contributed by atoms with van der Waals surface area (Å²) in [5.41, 5.74) is 0. The van der Waals surface area contributed by atoms with E-state index in [1.165, 1.54) is 0 Å². The van der Waals surface area contributed by atoms with Crippen molar-refractivity contribution in [2.75, 3.05) is 5.75 Å². The van der Waals surface area contributed by atoms with Gasteiger partial charge < -0.3 is 10.2 Å². The van der Waals surface area contributed by atoms with Crippen molar-refractivity contribution in [1.29, 1.82) is 0 Å². The maximum atomic E-state index is 11.3. The third-order valence-electron chi connectivity index (χ3n) is 3.33. The lowest BCUT2D eigenvalue weighted by Gasteiger charge is -2.17. The Morgan fingerprint density at radius 3 is 1.54 bits per heavy atom. The van der Waals surface area contributed by atoms with Gasteiger partial charge in [0.15, 0.2) is 6.29 Å². The molecule has 0 rings (SSSR count). The van der Waals surface area contributed by atoms with Gasteiger partial charge in [0.05, 0.1) is 11.0 Å². The summed E-state index contributed by atoms with van der Waals surface area (Å²) in [6, 6.07) is 0. The van der Waals surface area contributed by atoms with Crippen LogP contribution in [0.4, 0.5) is 0 Å². The van der Waals surface area contributed by atoms with Crippen LogP contribution in [0.15, 0.2) is 0 Å². The molecule has 0 aliphatic heterocycles. The minimum atomic E-state index is -4.74. The molecule has 0 bridgehead atoms. The van der Waals surface area contributed by atoms with E-state index in [0.717, 1.165) is 0 Å². The van der Waals surface area contributed by atoms with Crippen molar-refractivity contribution >= 4 is 30.4 Å². The van der Waals surface area contributed by atoms with Crippen LogP contribution in [0.2, 0.25) is 0 Å². The Morgan fingerprint density at radius 1 is 0.667 bits per heavy atom. The van der Waals surface area contributed by atoms with Crippen molar-refractivity contribution in [3.63, 3.8) is 0 Å². The molecule has 0 aliphatic carbocycles. The Balaban J connectivity index is 4.61. The van der Waals surface area contributed by atoms with Crippen LogP contribution in [-0.2, 0) is 30.4 Å². The van der Waals surface area contributed by atoms with Crippen LogP contribution in [0.3, 0.4) is 0 Å². The van der Waals surface area contributed by atoms with Gasteiger partial charge in [-0.2, -0.15) is 25.3 Å². The van der Waals surface area contributed by atoms with Gasteiger partial charge in [0.1, 0.15) is 5.25 Å². The maximum Gasteiger partial charge on any atom is 0.272 e. The lowest BCUT2D eigenvalue weighted by molar-refractivity contribution is -0.0446. The summed E-state index contributed by atoms with van der Waals surface area (Å²) in [5, 5.41) is 14.6. The highest BCUT2D eigenvalue weighted by atomic mass is 32.2. The van der Waals surface area contributed by atoms with Crippen molar-refractivity contribution in [2.24, 2.45) is 0 Å². The zero-order valence-corrected chi connectivity index (χ0v) is 15.0. The number of hydrogen-bond acceptors (Lipinski definition) is 8. The summed E-state index contributed by atoms with van der Waals surface area (Å²) >= 11 is 0. The van der Waals surface area contributed by atoms with Gasteiger partial charge >= 0.3 is 0 Å². The molecule has 0 spiro atoms. The number of unbranched alkanes of at least 4 members (excludes halogenated alkanes) is 1. The van der Waals surface area contributed by atoms with Gasteiger partial charge in [0, 0.05) is 0 Å². The van der Waals surface area contributed by atoms with E-state index in [9.17, 15) is 25.3 Å². The molecule has 0 aromatic rings. The highest BCUT2D eigenvalue weighted by Gasteiger charge is 2.30. The van der Waals surface area contributed by atoms with Crippen molar-refractivity contribution in [2.45, 2.75) is 55.3 Å². The quantitative estimate of drug-likeness (QED) is 0.149. The molecule has 2 atom stereocenters. The highest BCUT2D eigenvalue weighted by Crippen LogP contribution is 2.19. The molecule has 24 heavy (non-hydrogen) atoms. The Kier molecular flexibility index (Phi) is 9.24. The molecular weight excluding hydrogens is 392 g/mol. The summed E-state index contributed by atoms with van der Waals surface area (Å²) in [7, 11) is -13.4. The van der Waals surface area contributed by atoms with Crippen molar-refractivity contribution in [3.8, 4) is 0 Å². The first kappa shape index (κ1) is 23.6. The Hall–Kier alpha value is -0.350. The first-order chi connectivity index (χ1) is 10.6. The van der Waals surface area contributed by atoms with Crippen LogP contribution in [0.1, 0.15) is 38.5 Å².